The third-order valence-electron chi connectivity index (χ3n) is 4.28. The van der Waals surface area contributed by atoms with Crippen molar-refractivity contribution in [2.24, 2.45) is 0 Å². The minimum atomic E-state index is -0.996. The molecule has 2 heterocycles. The zero-order valence-corrected chi connectivity index (χ0v) is 15.8. The molecule has 0 saturated heterocycles. The summed E-state index contributed by atoms with van der Waals surface area (Å²) in [7, 11) is 0. The molecule has 2 aromatic rings. The summed E-state index contributed by atoms with van der Waals surface area (Å²) in [6, 6.07) is 8.28. The molecule has 0 fully saturated rings. The Morgan fingerprint density at radius 1 is 1.30 bits per heavy atom. The maximum atomic E-state index is 14.5. The number of hydrogen-bond donors (Lipinski definition) is 1. The number of aliphatic hydroxyl groups excluding tert-OH is 1. The van der Waals surface area contributed by atoms with E-state index in [4.69, 9.17) is 4.74 Å². The molecule has 1 aromatic heterocycles. The number of carbonyl (C=O) groups excluding carboxylic acids is 2. The third kappa shape index (κ3) is 3.79. The minimum absolute atomic E-state index is 0.0385. The summed E-state index contributed by atoms with van der Waals surface area (Å²) >= 11 is 1.20. The number of ketones is 1. The lowest BCUT2D eigenvalue weighted by Gasteiger charge is -2.27. The van der Waals surface area contributed by atoms with E-state index in [1.807, 2.05) is 13.8 Å². The van der Waals surface area contributed by atoms with Crippen LogP contribution in [0.5, 0.6) is 0 Å². The highest BCUT2D eigenvalue weighted by atomic mass is 32.1. The van der Waals surface area contributed by atoms with Gasteiger partial charge < -0.3 is 14.7 Å². The number of rotatable bonds is 7. The smallest absolute Gasteiger partial charge is 0.290 e. The first-order valence-corrected chi connectivity index (χ1v) is 9.48. The second-order valence-electron chi connectivity index (χ2n) is 6.41. The summed E-state index contributed by atoms with van der Waals surface area (Å²) in [6.07, 6.45) is -0.0385. The highest BCUT2D eigenvalue weighted by Crippen LogP contribution is 2.40. The van der Waals surface area contributed by atoms with Crippen molar-refractivity contribution in [1.29, 1.82) is 0 Å². The number of Topliss-reactive ketones (excluding diaryl/α,β-unsaturated/α-hetero) is 1. The maximum Gasteiger partial charge on any atom is 0.290 e. The summed E-state index contributed by atoms with van der Waals surface area (Å²) in [5.74, 6) is -2.35. The largest absolute Gasteiger partial charge is 0.503 e. The molecule has 142 valence electrons. The van der Waals surface area contributed by atoms with Crippen LogP contribution in [0, 0.1) is 5.82 Å². The van der Waals surface area contributed by atoms with Crippen LogP contribution in [-0.2, 0) is 9.53 Å². The second-order valence-corrected chi connectivity index (χ2v) is 7.36. The molecule has 3 rings (SSSR count). The lowest BCUT2D eigenvalue weighted by Crippen LogP contribution is -2.35. The molecule has 5 nitrogen and oxygen atoms in total. The van der Waals surface area contributed by atoms with E-state index in [2.05, 4.69) is 0 Å². The molecule has 0 spiro atoms. The van der Waals surface area contributed by atoms with Gasteiger partial charge in [0.15, 0.2) is 5.76 Å². The Morgan fingerprint density at radius 3 is 2.67 bits per heavy atom. The topological polar surface area (TPSA) is 66.8 Å². The van der Waals surface area contributed by atoms with E-state index in [9.17, 15) is 19.1 Å². The van der Waals surface area contributed by atoms with Gasteiger partial charge in [-0.15, -0.1) is 11.3 Å². The zero-order valence-electron chi connectivity index (χ0n) is 15.0. The van der Waals surface area contributed by atoms with Crippen molar-refractivity contribution in [3.8, 4) is 0 Å². The van der Waals surface area contributed by atoms with Crippen molar-refractivity contribution in [1.82, 2.24) is 4.90 Å². The van der Waals surface area contributed by atoms with E-state index in [1.165, 1.54) is 34.4 Å². The number of ether oxygens (including phenoxy) is 1. The number of nitrogens with zero attached hydrogens (tertiary/aromatic N) is 1. The van der Waals surface area contributed by atoms with E-state index in [0.29, 0.717) is 4.88 Å². The van der Waals surface area contributed by atoms with E-state index >= 15 is 0 Å². The van der Waals surface area contributed by atoms with E-state index < -0.39 is 29.3 Å². The lowest BCUT2D eigenvalue weighted by molar-refractivity contribution is -0.130. The van der Waals surface area contributed by atoms with Crippen LogP contribution in [-0.4, -0.2) is 41.0 Å². The molecule has 7 heteroatoms. The SMILES string of the molecule is CC(C)OCCN1C(=O)C(O)=C(C(=O)c2cccs2)C1c1ccccc1F. The highest BCUT2D eigenvalue weighted by Gasteiger charge is 2.44. The van der Waals surface area contributed by atoms with Crippen molar-refractivity contribution < 1.29 is 23.8 Å². The Balaban J connectivity index is 2.02. The summed E-state index contributed by atoms with van der Waals surface area (Å²) in [5.41, 5.74) is 0.0662. The molecule has 1 N–H and O–H groups in total. The molecule has 27 heavy (non-hydrogen) atoms. The van der Waals surface area contributed by atoms with Gasteiger partial charge in [-0.3, -0.25) is 9.59 Å². The first-order chi connectivity index (χ1) is 12.9. The molecular weight excluding hydrogens is 369 g/mol. The standard InChI is InChI=1S/C20H20FNO4S/c1-12(2)26-10-9-22-17(13-6-3-4-7-14(13)21)16(19(24)20(22)25)18(23)15-8-5-11-27-15/h3-8,11-12,17,24H,9-10H2,1-2H3. The molecule has 1 amide bonds. The van der Waals surface area contributed by atoms with Crippen molar-refractivity contribution in [2.45, 2.75) is 26.0 Å². The number of amides is 1. The normalized spacial score (nSPS) is 17.3. The molecule has 0 radical (unpaired) electrons. The van der Waals surface area contributed by atoms with Gasteiger partial charge in [0.1, 0.15) is 5.82 Å². The van der Waals surface area contributed by atoms with Crippen LogP contribution in [0.2, 0.25) is 0 Å². The van der Waals surface area contributed by atoms with E-state index in [-0.39, 0.29) is 30.4 Å². The van der Waals surface area contributed by atoms with Crippen LogP contribution in [0.1, 0.15) is 35.1 Å². The van der Waals surface area contributed by atoms with Crippen LogP contribution >= 0.6 is 11.3 Å². The first-order valence-electron chi connectivity index (χ1n) is 8.60. The predicted octanol–water partition coefficient (Wildman–Crippen LogP) is 3.89. The maximum absolute atomic E-state index is 14.5. The quantitative estimate of drug-likeness (QED) is 0.730. The fraction of sp³-hybridized carbons (Fsp3) is 0.300. The summed E-state index contributed by atoms with van der Waals surface area (Å²) in [5, 5.41) is 12.2. The van der Waals surface area contributed by atoms with Crippen molar-refractivity contribution in [2.75, 3.05) is 13.2 Å². The Labute approximate surface area is 160 Å². The van der Waals surface area contributed by atoms with Gasteiger partial charge in [-0.1, -0.05) is 24.3 Å². The summed E-state index contributed by atoms with van der Waals surface area (Å²) in [4.78, 5) is 27.3. The van der Waals surface area contributed by atoms with Gasteiger partial charge in [0.05, 0.1) is 29.2 Å². The molecule has 1 aliphatic rings. The van der Waals surface area contributed by atoms with Gasteiger partial charge in [0.25, 0.3) is 5.91 Å². The average Bonchev–Trinajstić information content (AvgIpc) is 3.24. The van der Waals surface area contributed by atoms with Gasteiger partial charge in [0, 0.05) is 12.1 Å². The molecule has 1 atom stereocenters. The van der Waals surface area contributed by atoms with E-state index in [0.717, 1.165) is 0 Å². The fourth-order valence-electron chi connectivity index (χ4n) is 3.06. The first kappa shape index (κ1) is 19.3. The zero-order chi connectivity index (χ0) is 19.6. The van der Waals surface area contributed by atoms with Gasteiger partial charge in [0.2, 0.25) is 5.78 Å². The number of carbonyl (C=O) groups is 2. The van der Waals surface area contributed by atoms with Crippen LogP contribution in [0.3, 0.4) is 0 Å². The van der Waals surface area contributed by atoms with Crippen molar-refractivity contribution in [3.05, 3.63) is 69.4 Å². The Kier molecular flexibility index (Phi) is 5.72. The van der Waals surface area contributed by atoms with E-state index in [1.54, 1.807) is 23.6 Å². The fourth-order valence-corrected chi connectivity index (χ4v) is 3.74. The second kappa shape index (κ2) is 8.02. The number of hydrogen-bond acceptors (Lipinski definition) is 5. The molecule has 0 aliphatic carbocycles. The highest BCUT2D eigenvalue weighted by molar-refractivity contribution is 7.12. The Bertz CT molecular complexity index is 876. The van der Waals surface area contributed by atoms with Gasteiger partial charge in [-0.05, 0) is 31.4 Å². The molecule has 1 unspecified atom stereocenters. The monoisotopic (exact) mass is 389 g/mol. The minimum Gasteiger partial charge on any atom is -0.503 e. The van der Waals surface area contributed by atoms with Crippen LogP contribution < -0.4 is 0 Å². The average molecular weight is 389 g/mol. The summed E-state index contributed by atoms with van der Waals surface area (Å²) in [6.45, 7) is 4.06. The molecule has 1 aliphatic heterocycles. The molecule has 0 saturated carbocycles. The number of halogens is 1. The number of aliphatic hydroxyl groups is 1. The molecule has 0 bridgehead atoms. The van der Waals surface area contributed by atoms with Gasteiger partial charge in [-0.25, -0.2) is 4.39 Å². The third-order valence-corrected chi connectivity index (χ3v) is 5.15. The van der Waals surface area contributed by atoms with Crippen molar-refractivity contribution >= 4 is 23.0 Å². The van der Waals surface area contributed by atoms with Crippen LogP contribution in [0.15, 0.2) is 53.1 Å². The predicted molar refractivity (Wildman–Crippen MR) is 100 cm³/mol. The number of thiophene rings is 1. The number of benzene rings is 1. The van der Waals surface area contributed by atoms with Gasteiger partial charge >= 0.3 is 0 Å². The molecule has 1 aromatic carbocycles. The summed E-state index contributed by atoms with van der Waals surface area (Å²) < 4.78 is 20.0. The van der Waals surface area contributed by atoms with Crippen LogP contribution in [0.4, 0.5) is 4.39 Å². The van der Waals surface area contributed by atoms with Crippen molar-refractivity contribution in [3.63, 3.8) is 0 Å². The van der Waals surface area contributed by atoms with Crippen LogP contribution in [0.25, 0.3) is 0 Å². The van der Waals surface area contributed by atoms with Gasteiger partial charge in [-0.2, -0.15) is 0 Å². The Morgan fingerprint density at radius 2 is 2.04 bits per heavy atom. The Hall–Kier alpha value is -2.51. The molecular formula is C20H20FNO4S. The lowest BCUT2D eigenvalue weighted by atomic mass is 9.95.